The van der Waals surface area contributed by atoms with Crippen LogP contribution in [0.3, 0.4) is 0 Å². The van der Waals surface area contributed by atoms with Crippen molar-refractivity contribution in [3.63, 3.8) is 0 Å². The SMILES string of the molecule is Cc1cccc([C@@H](O)C[C@H](N)C(C)(C)C)c1. The summed E-state index contributed by atoms with van der Waals surface area (Å²) in [5.74, 6) is 0. The van der Waals surface area contributed by atoms with Crippen molar-refractivity contribution in [2.24, 2.45) is 11.1 Å². The summed E-state index contributed by atoms with van der Waals surface area (Å²) in [4.78, 5) is 0. The van der Waals surface area contributed by atoms with Crippen LogP contribution in [0, 0.1) is 12.3 Å². The molecule has 0 saturated heterocycles. The van der Waals surface area contributed by atoms with Gasteiger partial charge in [-0.25, -0.2) is 0 Å². The van der Waals surface area contributed by atoms with E-state index in [1.54, 1.807) is 0 Å². The number of hydrogen-bond donors (Lipinski definition) is 2. The molecule has 0 spiro atoms. The van der Waals surface area contributed by atoms with Gasteiger partial charge < -0.3 is 10.8 Å². The molecule has 90 valence electrons. The third-order valence-corrected chi connectivity index (χ3v) is 3.02. The van der Waals surface area contributed by atoms with Crippen molar-refractivity contribution in [1.82, 2.24) is 0 Å². The molecule has 0 bridgehead atoms. The Morgan fingerprint density at radius 3 is 2.44 bits per heavy atom. The Balaban J connectivity index is 2.69. The molecule has 0 heterocycles. The molecule has 0 aromatic heterocycles. The van der Waals surface area contributed by atoms with Gasteiger partial charge in [-0.3, -0.25) is 0 Å². The summed E-state index contributed by atoms with van der Waals surface area (Å²) in [6.45, 7) is 8.32. The van der Waals surface area contributed by atoms with Crippen LogP contribution in [0.5, 0.6) is 0 Å². The summed E-state index contributed by atoms with van der Waals surface area (Å²) in [6, 6.07) is 7.96. The molecule has 1 rings (SSSR count). The minimum atomic E-state index is -0.464. The first-order valence-electron chi connectivity index (χ1n) is 5.81. The highest BCUT2D eigenvalue weighted by atomic mass is 16.3. The van der Waals surface area contributed by atoms with Crippen LogP contribution in [0.1, 0.15) is 44.4 Å². The first-order valence-corrected chi connectivity index (χ1v) is 5.81. The van der Waals surface area contributed by atoms with Gasteiger partial charge in [0.25, 0.3) is 0 Å². The molecular weight excluding hydrogens is 198 g/mol. The second-order valence-electron chi connectivity index (χ2n) is 5.64. The summed E-state index contributed by atoms with van der Waals surface area (Å²) in [7, 11) is 0. The van der Waals surface area contributed by atoms with E-state index in [4.69, 9.17) is 5.73 Å². The van der Waals surface area contributed by atoms with Crippen LogP contribution >= 0.6 is 0 Å². The molecule has 0 radical (unpaired) electrons. The maximum absolute atomic E-state index is 10.1. The molecule has 16 heavy (non-hydrogen) atoms. The molecule has 0 unspecified atom stereocenters. The number of benzene rings is 1. The molecular formula is C14H23NO. The van der Waals surface area contributed by atoms with Crippen molar-refractivity contribution in [2.45, 2.75) is 46.3 Å². The van der Waals surface area contributed by atoms with E-state index < -0.39 is 6.10 Å². The van der Waals surface area contributed by atoms with Crippen LogP contribution in [0.15, 0.2) is 24.3 Å². The number of aliphatic hydroxyl groups excluding tert-OH is 1. The maximum atomic E-state index is 10.1. The quantitative estimate of drug-likeness (QED) is 0.824. The van der Waals surface area contributed by atoms with Crippen LogP contribution in [0.2, 0.25) is 0 Å². The smallest absolute Gasteiger partial charge is 0.0805 e. The van der Waals surface area contributed by atoms with Crippen LogP contribution in [0.4, 0.5) is 0 Å². The topological polar surface area (TPSA) is 46.2 Å². The van der Waals surface area contributed by atoms with Gasteiger partial charge in [-0.05, 0) is 24.3 Å². The molecule has 0 saturated carbocycles. The predicted molar refractivity (Wildman–Crippen MR) is 68.2 cm³/mol. The lowest BCUT2D eigenvalue weighted by atomic mass is 9.83. The van der Waals surface area contributed by atoms with E-state index in [-0.39, 0.29) is 11.5 Å². The second kappa shape index (κ2) is 4.98. The van der Waals surface area contributed by atoms with E-state index >= 15 is 0 Å². The monoisotopic (exact) mass is 221 g/mol. The van der Waals surface area contributed by atoms with Gasteiger partial charge in [0.2, 0.25) is 0 Å². The molecule has 0 amide bonds. The Morgan fingerprint density at radius 1 is 1.31 bits per heavy atom. The fraction of sp³-hybridized carbons (Fsp3) is 0.571. The average Bonchev–Trinajstić information content (AvgIpc) is 2.16. The molecule has 1 aromatic rings. The van der Waals surface area contributed by atoms with Gasteiger partial charge in [0.1, 0.15) is 0 Å². The minimum Gasteiger partial charge on any atom is -0.388 e. The Labute approximate surface area is 98.5 Å². The molecule has 2 heteroatoms. The zero-order valence-electron chi connectivity index (χ0n) is 10.7. The van der Waals surface area contributed by atoms with Crippen LogP contribution in [0.25, 0.3) is 0 Å². The summed E-state index contributed by atoms with van der Waals surface area (Å²) in [5.41, 5.74) is 8.23. The van der Waals surface area contributed by atoms with E-state index in [2.05, 4.69) is 20.8 Å². The Kier molecular flexibility index (Phi) is 4.11. The van der Waals surface area contributed by atoms with Crippen molar-refractivity contribution in [3.05, 3.63) is 35.4 Å². The van der Waals surface area contributed by atoms with E-state index in [0.29, 0.717) is 6.42 Å². The number of hydrogen-bond acceptors (Lipinski definition) is 2. The van der Waals surface area contributed by atoms with E-state index in [9.17, 15) is 5.11 Å². The van der Waals surface area contributed by atoms with Crippen molar-refractivity contribution in [2.75, 3.05) is 0 Å². The number of aliphatic hydroxyl groups is 1. The highest BCUT2D eigenvalue weighted by molar-refractivity contribution is 5.24. The largest absolute Gasteiger partial charge is 0.388 e. The van der Waals surface area contributed by atoms with Crippen molar-refractivity contribution >= 4 is 0 Å². The molecule has 3 N–H and O–H groups in total. The lowest BCUT2D eigenvalue weighted by Crippen LogP contribution is -2.36. The van der Waals surface area contributed by atoms with Gasteiger partial charge in [0, 0.05) is 6.04 Å². The normalized spacial score (nSPS) is 15.9. The van der Waals surface area contributed by atoms with Crippen LogP contribution in [-0.2, 0) is 0 Å². The fourth-order valence-corrected chi connectivity index (χ4v) is 1.61. The van der Waals surface area contributed by atoms with Gasteiger partial charge in [-0.1, -0.05) is 50.6 Å². The highest BCUT2D eigenvalue weighted by Crippen LogP contribution is 2.26. The fourth-order valence-electron chi connectivity index (χ4n) is 1.61. The summed E-state index contributed by atoms with van der Waals surface area (Å²) in [5, 5.41) is 10.1. The first kappa shape index (κ1) is 13.2. The minimum absolute atomic E-state index is 0.00279. The van der Waals surface area contributed by atoms with Gasteiger partial charge in [-0.2, -0.15) is 0 Å². The molecule has 0 fully saturated rings. The average molecular weight is 221 g/mol. The molecule has 0 aliphatic rings. The molecule has 0 aliphatic carbocycles. The summed E-state index contributed by atoms with van der Waals surface area (Å²) >= 11 is 0. The standard InChI is InChI=1S/C14H23NO/c1-10-6-5-7-11(8-10)12(16)9-13(15)14(2,3)4/h5-8,12-13,16H,9,15H2,1-4H3/t12-,13-/m0/s1. The van der Waals surface area contributed by atoms with Crippen LogP contribution in [-0.4, -0.2) is 11.1 Å². The Morgan fingerprint density at radius 2 is 1.94 bits per heavy atom. The van der Waals surface area contributed by atoms with Gasteiger partial charge in [0.15, 0.2) is 0 Å². The Bertz CT molecular complexity index is 341. The predicted octanol–water partition coefficient (Wildman–Crippen LogP) is 2.79. The lowest BCUT2D eigenvalue weighted by molar-refractivity contribution is 0.133. The summed E-state index contributed by atoms with van der Waals surface area (Å²) < 4.78 is 0. The van der Waals surface area contributed by atoms with Gasteiger partial charge in [0.05, 0.1) is 6.10 Å². The molecule has 2 nitrogen and oxygen atoms in total. The maximum Gasteiger partial charge on any atom is 0.0805 e. The van der Waals surface area contributed by atoms with Gasteiger partial charge >= 0.3 is 0 Å². The van der Waals surface area contributed by atoms with Crippen molar-refractivity contribution in [3.8, 4) is 0 Å². The Hall–Kier alpha value is -0.860. The van der Waals surface area contributed by atoms with E-state index in [1.165, 1.54) is 5.56 Å². The number of aryl methyl sites for hydroxylation is 1. The third-order valence-electron chi connectivity index (χ3n) is 3.02. The number of nitrogens with two attached hydrogens (primary N) is 1. The second-order valence-corrected chi connectivity index (χ2v) is 5.64. The van der Waals surface area contributed by atoms with Crippen LogP contribution < -0.4 is 5.73 Å². The van der Waals surface area contributed by atoms with Crippen molar-refractivity contribution < 1.29 is 5.11 Å². The number of rotatable bonds is 3. The van der Waals surface area contributed by atoms with E-state index in [0.717, 1.165) is 5.56 Å². The van der Waals surface area contributed by atoms with Gasteiger partial charge in [-0.15, -0.1) is 0 Å². The zero-order valence-corrected chi connectivity index (χ0v) is 10.7. The summed E-state index contributed by atoms with van der Waals surface area (Å²) in [6.07, 6.45) is 0.140. The molecule has 0 aliphatic heterocycles. The van der Waals surface area contributed by atoms with Crippen molar-refractivity contribution in [1.29, 1.82) is 0 Å². The molecule has 1 aromatic carbocycles. The zero-order chi connectivity index (χ0) is 12.3. The first-order chi connectivity index (χ1) is 7.30. The van der Waals surface area contributed by atoms with E-state index in [1.807, 2.05) is 31.2 Å². The third kappa shape index (κ3) is 3.62. The molecule has 2 atom stereocenters. The highest BCUT2D eigenvalue weighted by Gasteiger charge is 2.23. The lowest BCUT2D eigenvalue weighted by Gasteiger charge is -2.29.